The molecule has 2 saturated carbocycles. The Bertz CT molecular complexity index is 205. The molecule has 3 fully saturated rings. The van der Waals surface area contributed by atoms with Crippen molar-refractivity contribution in [3.8, 4) is 0 Å². The van der Waals surface area contributed by atoms with Crippen molar-refractivity contribution >= 4 is 0 Å². The molecule has 1 unspecified atom stereocenters. The SMILES string of the molecule is C1COCC(CNCC(C2CC2)C2CC2)C1. The fraction of sp³-hybridized carbons (Fsp3) is 1.00. The number of hydrogen-bond donors (Lipinski definition) is 1. The predicted octanol–water partition coefficient (Wildman–Crippen LogP) is 2.44. The topological polar surface area (TPSA) is 21.3 Å². The van der Waals surface area contributed by atoms with E-state index in [0.717, 1.165) is 36.9 Å². The molecule has 3 rings (SSSR count). The van der Waals surface area contributed by atoms with E-state index in [1.165, 1.54) is 51.6 Å². The number of nitrogens with one attached hydrogen (secondary N) is 1. The molecule has 92 valence electrons. The van der Waals surface area contributed by atoms with E-state index < -0.39 is 0 Å². The van der Waals surface area contributed by atoms with Crippen molar-refractivity contribution < 1.29 is 4.74 Å². The highest BCUT2D eigenvalue weighted by molar-refractivity contribution is 4.92. The molecule has 16 heavy (non-hydrogen) atoms. The number of hydrogen-bond acceptors (Lipinski definition) is 2. The van der Waals surface area contributed by atoms with E-state index >= 15 is 0 Å². The van der Waals surface area contributed by atoms with Crippen LogP contribution in [0.3, 0.4) is 0 Å². The Morgan fingerprint density at radius 3 is 2.38 bits per heavy atom. The Labute approximate surface area is 99.1 Å². The fourth-order valence-electron chi connectivity index (χ4n) is 3.19. The molecule has 2 nitrogen and oxygen atoms in total. The molecule has 1 N–H and O–H groups in total. The van der Waals surface area contributed by atoms with Gasteiger partial charge in [-0.05, 0) is 68.7 Å². The van der Waals surface area contributed by atoms with E-state index in [-0.39, 0.29) is 0 Å². The van der Waals surface area contributed by atoms with Crippen molar-refractivity contribution in [3.05, 3.63) is 0 Å². The lowest BCUT2D eigenvalue weighted by molar-refractivity contribution is 0.0543. The molecule has 2 aliphatic carbocycles. The third-order valence-corrected chi connectivity index (χ3v) is 4.52. The van der Waals surface area contributed by atoms with Crippen LogP contribution in [0.15, 0.2) is 0 Å². The lowest BCUT2D eigenvalue weighted by Gasteiger charge is -2.24. The van der Waals surface area contributed by atoms with Crippen molar-refractivity contribution in [2.24, 2.45) is 23.7 Å². The summed E-state index contributed by atoms with van der Waals surface area (Å²) in [4.78, 5) is 0. The van der Waals surface area contributed by atoms with Crippen LogP contribution in [0.5, 0.6) is 0 Å². The van der Waals surface area contributed by atoms with Crippen LogP contribution in [0.4, 0.5) is 0 Å². The zero-order chi connectivity index (χ0) is 10.8. The molecule has 0 aromatic carbocycles. The molecule has 2 heteroatoms. The van der Waals surface area contributed by atoms with Gasteiger partial charge in [-0.15, -0.1) is 0 Å². The Balaban J connectivity index is 1.34. The predicted molar refractivity (Wildman–Crippen MR) is 65.4 cm³/mol. The highest BCUT2D eigenvalue weighted by Crippen LogP contribution is 2.48. The monoisotopic (exact) mass is 223 g/mol. The molecular formula is C14H25NO. The molecule has 0 amide bonds. The molecule has 0 bridgehead atoms. The lowest BCUT2D eigenvalue weighted by Crippen LogP contribution is -2.33. The smallest absolute Gasteiger partial charge is 0.0506 e. The second-order valence-corrected chi connectivity index (χ2v) is 6.08. The van der Waals surface area contributed by atoms with Crippen LogP contribution in [0.25, 0.3) is 0 Å². The Kier molecular flexibility index (Phi) is 3.49. The van der Waals surface area contributed by atoms with Gasteiger partial charge in [-0.2, -0.15) is 0 Å². The van der Waals surface area contributed by atoms with Crippen molar-refractivity contribution in [3.63, 3.8) is 0 Å². The van der Waals surface area contributed by atoms with Crippen LogP contribution < -0.4 is 5.32 Å². The molecule has 3 aliphatic rings. The van der Waals surface area contributed by atoms with Crippen molar-refractivity contribution in [2.45, 2.75) is 38.5 Å². The maximum atomic E-state index is 5.52. The number of rotatable bonds is 6. The Hall–Kier alpha value is -0.0800. The summed E-state index contributed by atoms with van der Waals surface area (Å²) in [7, 11) is 0. The van der Waals surface area contributed by atoms with Crippen LogP contribution in [0.1, 0.15) is 38.5 Å². The summed E-state index contributed by atoms with van der Waals surface area (Å²) >= 11 is 0. The summed E-state index contributed by atoms with van der Waals surface area (Å²) in [6.07, 6.45) is 8.67. The maximum Gasteiger partial charge on any atom is 0.0506 e. The van der Waals surface area contributed by atoms with Gasteiger partial charge in [-0.1, -0.05) is 0 Å². The average molecular weight is 223 g/mol. The third kappa shape index (κ3) is 2.98. The van der Waals surface area contributed by atoms with Gasteiger partial charge in [0.2, 0.25) is 0 Å². The van der Waals surface area contributed by atoms with E-state index in [0.29, 0.717) is 0 Å². The van der Waals surface area contributed by atoms with E-state index in [1.807, 2.05) is 0 Å². The zero-order valence-electron chi connectivity index (χ0n) is 10.3. The summed E-state index contributed by atoms with van der Waals surface area (Å²) in [6.45, 7) is 4.45. The number of ether oxygens (including phenoxy) is 1. The van der Waals surface area contributed by atoms with Crippen LogP contribution in [0.2, 0.25) is 0 Å². The summed E-state index contributed by atoms with van der Waals surface area (Å²) in [5.74, 6) is 3.97. The van der Waals surface area contributed by atoms with Crippen molar-refractivity contribution in [1.82, 2.24) is 5.32 Å². The van der Waals surface area contributed by atoms with Crippen LogP contribution in [0, 0.1) is 23.7 Å². The quantitative estimate of drug-likeness (QED) is 0.747. The van der Waals surface area contributed by atoms with Crippen LogP contribution >= 0.6 is 0 Å². The third-order valence-electron chi connectivity index (χ3n) is 4.52. The van der Waals surface area contributed by atoms with Gasteiger partial charge in [0.1, 0.15) is 0 Å². The summed E-state index contributed by atoms with van der Waals surface area (Å²) in [6, 6.07) is 0. The Morgan fingerprint density at radius 1 is 1.06 bits per heavy atom. The molecule has 0 aromatic rings. The molecule has 0 aromatic heterocycles. The minimum Gasteiger partial charge on any atom is -0.381 e. The van der Waals surface area contributed by atoms with E-state index in [9.17, 15) is 0 Å². The van der Waals surface area contributed by atoms with Gasteiger partial charge in [0.15, 0.2) is 0 Å². The molecule has 1 atom stereocenters. The first-order valence-electron chi connectivity index (χ1n) is 7.22. The average Bonchev–Trinajstić information content (AvgIpc) is 3.17. The second-order valence-electron chi connectivity index (χ2n) is 6.08. The summed E-state index contributed by atoms with van der Waals surface area (Å²) < 4.78 is 5.52. The lowest BCUT2D eigenvalue weighted by atomic mass is 9.97. The minimum absolute atomic E-state index is 0.785. The van der Waals surface area contributed by atoms with Crippen molar-refractivity contribution in [1.29, 1.82) is 0 Å². The first kappa shape index (κ1) is 11.0. The van der Waals surface area contributed by atoms with Crippen LogP contribution in [-0.2, 0) is 4.74 Å². The van der Waals surface area contributed by atoms with E-state index in [4.69, 9.17) is 4.74 Å². The van der Waals surface area contributed by atoms with Crippen LogP contribution in [-0.4, -0.2) is 26.3 Å². The maximum absolute atomic E-state index is 5.52. The second kappa shape index (κ2) is 5.05. The zero-order valence-corrected chi connectivity index (χ0v) is 10.3. The molecule has 1 saturated heterocycles. The summed E-state index contributed by atoms with van der Waals surface area (Å²) in [5.41, 5.74) is 0. The Morgan fingerprint density at radius 2 is 1.81 bits per heavy atom. The van der Waals surface area contributed by atoms with Gasteiger partial charge >= 0.3 is 0 Å². The van der Waals surface area contributed by atoms with Crippen molar-refractivity contribution in [2.75, 3.05) is 26.3 Å². The first-order valence-corrected chi connectivity index (χ1v) is 7.22. The highest BCUT2D eigenvalue weighted by Gasteiger charge is 2.40. The standard InChI is InChI=1S/C14H25NO/c1-2-11(10-16-7-1)8-15-9-14(12-3-4-12)13-5-6-13/h11-15H,1-10H2. The van der Waals surface area contributed by atoms with Gasteiger partial charge in [-0.3, -0.25) is 0 Å². The minimum atomic E-state index is 0.785. The molecule has 1 heterocycles. The summed E-state index contributed by atoms with van der Waals surface area (Å²) in [5, 5.41) is 3.72. The first-order chi connectivity index (χ1) is 7.93. The van der Waals surface area contributed by atoms with Gasteiger partial charge in [-0.25, -0.2) is 0 Å². The van der Waals surface area contributed by atoms with E-state index in [2.05, 4.69) is 5.32 Å². The fourth-order valence-corrected chi connectivity index (χ4v) is 3.19. The van der Waals surface area contributed by atoms with Gasteiger partial charge in [0, 0.05) is 13.2 Å². The van der Waals surface area contributed by atoms with Gasteiger partial charge < -0.3 is 10.1 Å². The van der Waals surface area contributed by atoms with Gasteiger partial charge in [0.25, 0.3) is 0 Å². The molecule has 1 aliphatic heterocycles. The van der Waals surface area contributed by atoms with E-state index in [1.54, 1.807) is 0 Å². The van der Waals surface area contributed by atoms with Gasteiger partial charge in [0.05, 0.1) is 6.61 Å². The normalized spacial score (nSPS) is 30.9. The largest absolute Gasteiger partial charge is 0.381 e. The highest BCUT2D eigenvalue weighted by atomic mass is 16.5. The molecule has 0 radical (unpaired) electrons. The molecule has 0 spiro atoms. The molecular weight excluding hydrogens is 198 g/mol.